The fraction of sp³-hybridized carbons (Fsp3) is 0.476. The van der Waals surface area contributed by atoms with Gasteiger partial charge in [-0.05, 0) is 59.1 Å². The molecule has 0 atom stereocenters. The van der Waals surface area contributed by atoms with Crippen LogP contribution in [0.4, 0.5) is 21.1 Å². The molecule has 0 radical (unpaired) electrons. The van der Waals surface area contributed by atoms with Crippen LogP contribution in [0.3, 0.4) is 0 Å². The van der Waals surface area contributed by atoms with E-state index in [4.69, 9.17) is 9.47 Å². The van der Waals surface area contributed by atoms with Crippen LogP contribution in [0.2, 0.25) is 0 Å². The summed E-state index contributed by atoms with van der Waals surface area (Å²) in [5, 5.41) is 11.8. The van der Waals surface area contributed by atoms with E-state index in [9.17, 15) is 19.7 Å². The van der Waals surface area contributed by atoms with Gasteiger partial charge in [0.05, 0.1) is 4.92 Å². The Morgan fingerprint density at radius 3 is 1.90 bits per heavy atom. The fourth-order valence-electron chi connectivity index (χ4n) is 2.30. The average Bonchev–Trinajstić information content (AvgIpc) is 2.60. The monoisotopic (exact) mass is 419 g/mol. The first-order valence-corrected chi connectivity index (χ1v) is 9.58. The lowest BCUT2D eigenvalue weighted by Crippen LogP contribution is -2.44. The number of imide groups is 1. The van der Waals surface area contributed by atoms with Gasteiger partial charge in [-0.2, -0.15) is 4.90 Å². The van der Waals surface area contributed by atoms with Gasteiger partial charge in [0.15, 0.2) is 5.82 Å². The Morgan fingerprint density at radius 1 is 0.967 bits per heavy atom. The minimum absolute atomic E-state index is 0.0316. The molecule has 0 aliphatic carbocycles. The molecule has 1 aromatic heterocycles. The summed E-state index contributed by atoms with van der Waals surface area (Å²) in [4.78, 5) is 40.9. The van der Waals surface area contributed by atoms with Crippen LogP contribution in [-0.4, -0.2) is 33.3 Å². The van der Waals surface area contributed by atoms with Gasteiger partial charge in [0.1, 0.15) is 11.2 Å². The standard InChI is InChI=1S/C19H23N3O6.C2H6/c1-18(2,3)27-16(23)21(17(24)28-19(4,5)6)15-14-8-7-13(22(25)26)11-12(14)9-10-20-15;1-2/h7-11H,1-6H3;1-2H3. The van der Waals surface area contributed by atoms with E-state index < -0.39 is 28.3 Å². The van der Waals surface area contributed by atoms with Crippen molar-refractivity contribution in [1.29, 1.82) is 0 Å². The molecule has 0 fully saturated rings. The molecule has 2 rings (SSSR count). The number of carbonyl (C=O) groups excluding carboxylic acids is 2. The molecule has 0 saturated heterocycles. The van der Waals surface area contributed by atoms with E-state index in [1.54, 1.807) is 47.6 Å². The number of rotatable bonds is 2. The molecule has 0 bridgehead atoms. The maximum atomic E-state index is 12.8. The number of nitrogens with zero attached hydrogens (tertiary/aromatic N) is 3. The predicted molar refractivity (Wildman–Crippen MR) is 115 cm³/mol. The summed E-state index contributed by atoms with van der Waals surface area (Å²) in [6.45, 7) is 14.0. The highest BCUT2D eigenvalue weighted by molar-refractivity contribution is 6.13. The molecular weight excluding hydrogens is 390 g/mol. The summed E-state index contributed by atoms with van der Waals surface area (Å²) in [7, 11) is 0. The summed E-state index contributed by atoms with van der Waals surface area (Å²) < 4.78 is 10.7. The molecule has 9 heteroatoms. The number of non-ortho nitro benzene ring substituents is 1. The lowest BCUT2D eigenvalue weighted by molar-refractivity contribution is -0.384. The Kier molecular flexibility index (Phi) is 7.87. The third kappa shape index (κ3) is 6.68. The van der Waals surface area contributed by atoms with Gasteiger partial charge < -0.3 is 9.47 Å². The molecule has 0 saturated carbocycles. The van der Waals surface area contributed by atoms with E-state index in [1.807, 2.05) is 13.8 Å². The molecule has 164 valence electrons. The Hall–Kier alpha value is -3.23. The lowest BCUT2D eigenvalue weighted by Gasteiger charge is -2.28. The molecule has 0 N–H and O–H groups in total. The largest absolute Gasteiger partial charge is 0.443 e. The highest BCUT2D eigenvalue weighted by Crippen LogP contribution is 2.30. The molecule has 1 heterocycles. The van der Waals surface area contributed by atoms with E-state index in [0.29, 0.717) is 15.7 Å². The maximum Gasteiger partial charge on any atom is 0.425 e. The number of ether oxygens (including phenoxy) is 2. The number of aromatic nitrogens is 1. The van der Waals surface area contributed by atoms with E-state index in [0.717, 1.165) is 0 Å². The lowest BCUT2D eigenvalue weighted by atomic mass is 10.1. The smallest absolute Gasteiger partial charge is 0.425 e. The van der Waals surface area contributed by atoms with Crippen LogP contribution < -0.4 is 4.90 Å². The summed E-state index contributed by atoms with van der Waals surface area (Å²) in [6, 6.07) is 5.59. The number of nitro groups is 1. The van der Waals surface area contributed by atoms with Crippen molar-refractivity contribution in [2.45, 2.75) is 66.6 Å². The average molecular weight is 419 g/mol. The van der Waals surface area contributed by atoms with Crippen LogP contribution in [0.15, 0.2) is 30.5 Å². The first-order valence-electron chi connectivity index (χ1n) is 9.58. The number of benzene rings is 1. The maximum absolute atomic E-state index is 12.8. The Balaban J connectivity index is 0.00000218. The third-order valence-electron chi connectivity index (χ3n) is 3.30. The second-order valence-electron chi connectivity index (χ2n) is 8.09. The van der Waals surface area contributed by atoms with Crippen molar-refractivity contribution in [3.05, 3.63) is 40.6 Å². The van der Waals surface area contributed by atoms with Gasteiger partial charge in [0, 0.05) is 23.7 Å². The quantitative estimate of drug-likeness (QED) is 0.443. The second-order valence-corrected chi connectivity index (χ2v) is 8.09. The summed E-state index contributed by atoms with van der Waals surface area (Å²) >= 11 is 0. The topological polar surface area (TPSA) is 112 Å². The van der Waals surface area contributed by atoms with E-state index in [2.05, 4.69) is 4.98 Å². The van der Waals surface area contributed by atoms with Crippen molar-refractivity contribution in [3.8, 4) is 0 Å². The normalized spacial score (nSPS) is 11.2. The first-order chi connectivity index (χ1) is 13.8. The van der Waals surface area contributed by atoms with Crippen LogP contribution in [0.5, 0.6) is 0 Å². The van der Waals surface area contributed by atoms with Gasteiger partial charge in [0.25, 0.3) is 5.69 Å². The molecule has 9 nitrogen and oxygen atoms in total. The van der Waals surface area contributed by atoms with E-state index in [-0.39, 0.29) is 11.5 Å². The minimum atomic E-state index is -0.958. The van der Waals surface area contributed by atoms with E-state index >= 15 is 0 Å². The molecule has 2 aromatic rings. The first kappa shape index (κ1) is 24.8. The summed E-state index contributed by atoms with van der Waals surface area (Å²) in [6.07, 6.45) is -0.566. The number of fused-ring (bicyclic) bond motifs is 1. The molecule has 0 aliphatic heterocycles. The van der Waals surface area contributed by atoms with Gasteiger partial charge >= 0.3 is 12.2 Å². The van der Waals surface area contributed by atoms with Gasteiger partial charge in [-0.3, -0.25) is 10.1 Å². The van der Waals surface area contributed by atoms with Gasteiger partial charge in [0.2, 0.25) is 0 Å². The molecular formula is C21H29N3O6. The van der Waals surface area contributed by atoms with Crippen molar-refractivity contribution in [1.82, 2.24) is 4.98 Å². The molecule has 0 unspecified atom stereocenters. The van der Waals surface area contributed by atoms with Crippen LogP contribution in [0.1, 0.15) is 55.4 Å². The van der Waals surface area contributed by atoms with Crippen LogP contribution in [0, 0.1) is 10.1 Å². The van der Waals surface area contributed by atoms with Gasteiger partial charge in [-0.15, -0.1) is 0 Å². The van der Waals surface area contributed by atoms with Crippen molar-refractivity contribution >= 4 is 34.5 Å². The number of amides is 2. The predicted octanol–water partition coefficient (Wildman–Crippen LogP) is 5.85. The zero-order valence-electron chi connectivity index (χ0n) is 18.7. The number of pyridine rings is 1. The van der Waals surface area contributed by atoms with Crippen LogP contribution in [-0.2, 0) is 9.47 Å². The number of carbonyl (C=O) groups is 2. The molecule has 0 spiro atoms. The van der Waals surface area contributed by atoms with Crippen molar-refractivity contribution in [3.63, 3.8) is 0 Å². The highest BCUT2D eigenvalue weighted by atomic mass is 16.6. The third-order valence-corrected chi connectivity index (χ3v) is 3.30. The van der Waals surface area contributed by atoms with Crippen molar-refractivity contribution in [2.75, 3.05) is 4.90 Å². The molecule has 30 heavy (non-hydrogen) atoms. The Bertz CT molecular complexity index is 900. The van der Waals surface area contributed by atoms with Gasteiger partial charge in [-0.1, -0.05) is 13.8 Å². The molecule has 2 amide bonds. The minimum Gasteiger partial charge on any atom is -0.443 e. The summed E-state index contributed by atoms with van der Waals surface area (Å²) in [5.74, 6) is -0.0316. The number of anilines is 1. The van der Waals surface area contributed by atoms with Crippen LogP contribution in [0.25, 0.3) is 10.8 Å². The fourth-order valence-corrected chi connectivity index (χ4v) is 2.30. The van der Waals surface area contributed by atoms with Crippen molar-refractivity contribution in [2.24, 2.45) is 0 Å². The summed E-state index contributed by atoms with van der Waals surface area (Å²) in [5.41, 5.74) is -1.84. The second kappa shape index (κ2) is 9.51. The number of hydrogen-bond donors (Lipinski definition) is 0. The highest BCUT2D eigenvalue weighted by Gasteiger charge is 2.34. The molecule has 1 aromatic carbocycles. The van der Waals surface area contributed by atoms with Crippen molar-refractivity contribution < 1.29 is 24.0 Å². The van der Waals surface area contributed by atoms with Crippen LogP contribution >= 0.6 is 0 Å². The Morgan fingerprint density at radius 2 is 1.47 bits per heavy atom. The van der Waals surface area contributed by atoms with E-state index in [1.165, 1.54) is 24.4 Å². The zero-order chi connectivity index (χ0) is 23.3. The van der Waals surface area contributed by atoms with Gasteiger partial charge in [-0.25, -0.2) is 14.6 Å². The Labute approximate surface area is 176 Å². The number of hydrogen-bond acceptors (Lipinski definition) is 7. The zero-order valence-corrected chi connectivity index (χ0v) is 18.7. The SMILES string of the molecule is CC.CC(C)(C)OC(=O)N(C(=O)OC(C)(C)C)c1nccc2cc([N+](=O)[O-])ccc12. The number of nitro benzene ring substituents is 1. The molecule has 0 aliphatic rings.